The Hall–Kier alpha value is -0.570. The molecule has 1 N–H and O–H groups in total. The number of likely N-dealkylation sites (tertiary alicyclic amines) is 1. The Balaban J connectivity index is 2.00. The van der Waals surface area contributed by atoms with Gasteiger partial charge in [-0.05, 0) is 32.1 Å². The molecule has 0 aromatic carbocycles. The molecule has 0 aromatic rings. The Kier molecular flexibility index (Phi) is 4.31. The van der Waals surface area contributed by atoms with Crippen LogP contribution >= 0.6 is 0 Å². The highest BCUT2D eigenvalue weighted by atomic mass is 16.3. The van der Waals surface area contributed by atoms with Gasteiger partial charge in [0.05, 0.1) is 5.60 Å². The van der Waals surface area contributed by atoms with Gasteiger partial charge in [-0.1, -0.05) is 26.7 Å². The number of carbonyl (C=O) groups excluding carboxylic acids is 1. The van der Waals surface area contributed by atoms with Crippen molar-refractivity contribution >= 4 is 5.91 Å². The van der Waals surface area contributed by atoms with Crippen molar-refractivity contribution in [2.45, 2.75) is 64.4 Å². The van der Waals surface area contributed by atoms with Gasteiger partial charge in [-0.15, -0.1) is 0 Å². The van der Waals surface area contributed by atoms with Gasteiger partial charge >= 0.3 is 0 Å². The number of hydrogen-bond acceptors (Lipinski definition) is 2. The lowest BCUT2D eigenvalue weighted by molar-refractivity contribution is -0.147. The summed E-state index contributed by atoms with van der Waals surface area (Å²) in [6.07, 6.45) is 7.02. The van der Waals surface area contributed by atoms with E-state index in [9.17, 15) is 9.90 Å². The second-order valence-corrected chi connectivity index (χ2v) is 6.09. The molecule has 2 aliphatic rings. The zero-order valence-corrected chi connectivity index (χ0v) is 11.8. The van der Waals surface area contributed by atoms with Gasteiger partial charge in [-0.25, -0.2) is 0 Å². The van der Waals surface area contributed by atoms with Crippen LogP contribution in [0.5, 0.6) is 0 Å². The number of rotatable bonds is 3. The van der Waals surface area contributed by atoms with Crippen LogP contribution in [0.4, 0.5) is 0 Å². The molecular formula is C15H27NO2. The van der Waals surface area contributed by atoms with Crippen molar-refractivity contribution in [1.82, 2.24) is 4.90 Å². The molecule has 1 amide bonds. The molecule has 104 valence electrons. The van der Waals surface area contributed by atoms with E-state index in [4.69, 9.17) is 0 Å². The van der Waals surface area contributed by atoms with Gasteiger partial charge < -0.3 is 10.0 Å². The quantitative estimate of drug-likeness (QED) is 0.840. The lowest BCUT2D eigenvalue weighted by Gasteiger charge is -2.48. The Labute approximate surface area is 111 Å². The van der Waals surface area contributed by atoms with E-state index in [0.717, 1.165) is 51.6 Å². The van der Waals surface area contributed by atoms with E-state index in [2.05, 4.69) is 13.8 Å². The molecule has 1 aliphatic heterocycles. The van der Waals surface area contributed by atoms with Crippen molar-refractivity contribution in [3.63, 3.8) is 0 Å². The Morgan fingerprint density at radius 3 is 2.72 bits per heavy atom. The molecular weight excluding hydrogens is 226 g/mol. The smallest absolute Gasteiger partial charge is 0.225 e. The van der Waals surface area contributed by atoms with Crippen molar-refractivity contribution < 1.29 is 9.90 Å². The molecule has 0 radical (unpaired) electrons. The summed E-state index contributed by atoms with van der Waals surface area (Å²) in [5, 5.41) is 10.6. The minimum atomic E-state index is -0.469. The predicted molar refractivity (Wildman–Crippen MR) is 72.2 cm³/mol. The normalized spacial score (nSPS) is 32.4. The third-order valence-electron chi connectivity index (χ3n) is 5.07. The van der Waals surface area contributed by atoms with Crippen LogP contribution in [-0.2, 0) is 4.79 Å². The summed E-state index contributed by atoms with van der Waals surface area (Å²) in [5.74, 6) is 0.811. The van der Waals surface area contributed by atoms with E-state index in [0.29, 0.717) is 11.8 Å². The van der Waals surface area contributed by atoms with Gasteiger partial charge in [-0.3, -0.25) is 4.79 Å². The summed E-state index contributed by atoms with van der Waals surface area (Å²) in [6.45, 7) is 5.72. The average molecular weight is 253 g/mol. The third-order valence-corrected chi connectivity index (χ3v) is 5.07. The fourth-order valence-electron chi connectivity index (χ4n) is 3.67. The predicted octanol–water partition coefficient (Wildman–Crippen LogP) is 2.58. The molecule has 1 aliphatic carbocycles. The van der Waals surface area contributed by atoms with Crippen LogP contribution < -0.4 is 0 Å². The van der Waals surface area contributed by atoms with E-state index in [-0.39, 0.29) is 5.92 Å². The van der Waals surface area contributed by atoms with E-state index >= 15 is 0 Å². The highest BCUT2D eigenvalue weighted by Crippen LogP contribution is 2.40. The molecule has 1 saturated heterocycles. The zero-order chi connectivity index (χ0) is 13.2. The zero-order valence-electron chi connectivity index (χ0n) is 11.8. The summed E-state index contributed by atoms with van der Waals surface area (Å²) >= 11 is 0. The van der Waals surface area contributed by atoms with Crippen molar-refractivity contribution in [2.75, 3.05) is 13.1 Å². The van der Waals surface area contributed by atoms with Crippen molar-refractivity contribution in [2.24, 2.45) is 11.8 Å². The average Bonchev–Trinajstić information content (AvgIpc) is 2.39. The maximum absolute atomic E-state index is 12.4. The molecule has 0 bridgehead atoms. The van der Waals surface area contributed by atoms with Gasteiger partial charge in [0.1, 0.15) is 0 Å². The molecule has 2 rings (SSSR count). The summed E-state index contributed by atoms with van der Waals surface area (Å²) in [6, 6.07) is 0. The first kappa shape index (κ1) is 13.9. The van der Waals surface area contributed by atoms with Crippen LogP contribution in [0.2, 0.25) is 0 Å². The first-order valence-electron chi connectivity index (χ1n) is 7.62. The first-order chi connectivity index (χ1) is 8.60. The molecule has 3 heteroatoms. The minimum Gasteiger partial charge on any atom is -0.389 e. The van der Waals surface area contributed by atoms with Crippen molar-refractivity contribution in [3.8, 4) is 0 Å². The Morgan fingerprint density at radius 2 is 2.06 bits per heavy atom. The molecule has 2 unspecified atom stereocenters. The van der Waals surface area contributed by atoms with Crippen molar-refractivity contribution in [3.05, 3.63) is 0 Å². The van der Waals surface area contributed by atoms with Crippen molar-refractivity contribution in [1.29, 1.82) is 0 Å². The maximum Gasteiger partial charge on any atom is 0.225 e. The monoisotopic (exact) mass is 253 g/mol. The minimum absolute atomic E-state index is 0.180. The third kappa shape index (κ3) is 2.56. The van der Waals surface area contributed by atoms with Crippen LogP contribution in [0, 0.1) is 11.8 Å². The van der Waals surface area contributed by atoms with E-state index in [1.165, 1.54) is 6.42 Å². The van der Waals surface area contributed by atoms with Gasteiger partial charge in [-0.2, -0.15) is 0 Å². The molecule has 0 spiro atoms. The van der Waals surface area contributed by atoms with E-state index < -0.39 is 5.60 Å². The molecule has 3 nitrogen and oxygen atoms in total. The number of fused-ring (bicyclic) bond motifs is 1. The second-order valence-electron chi connectivity index (χ2n) is 6.09. The van der Waals surface area contributed by atoms with Gasteiger partial charge in [0.25, 0.3) is 0 Å². The summed E-state index contributed by atoms with van der Waals surface area (Å²) < 4.78 is 0. The lowest BCUT2D eigenvalue weighted by atomic mass is 9.71. The Bertz CT molecular complexity index is 301. The number of carbonyl (C=O) groups is 1. The fourth-order valence-corrected chi connectivity index (χ4v) is 3.67. The van der Waals surface area contributed by atoms with E-state index in [1.807, 2.05) is 4.90 Å². The summed E-state index contributed by atoms with van der Waals surface area (Å²) in [5.41, 5.74) is -0.469. The number of piperidine rings is 1. The Morgan fingerprint density at radius 1 is 1.33 bits per heavy atom. The number of hydrogen-bond donors (Lipinski definition) is 1. The lowest BCUT2D eigenvalue weighted by Crippen LogP contribution is -2.55. The maximum atomic E-state index is 12.4. The highest BCUT2D eigenvalue weighted by Gasteiger charge is 2.44. The topological polar surface area (TPSA) is 40.5 Å². The van der Waals surface area contributed by atoms with Crippen LogP contribution in [-0.4, -0.2) is 34.6 Å². The van der Waals surface area contributed by atoms with Gasteiger partial charge in [0, 0.05) is 24.9 Å². The molecule has 2 atom stereocenters. The highest BCUT2D eigenvalue weighted by molar-refractivity contribution is 5.78. The van der Waals surface area contributed by atoms with Crippen LogP contribution in [0.3, 0.4) is 0 Å². The largest absolute Gasteiger partial charge is 0.389 e. The van der Waals surface area contributed by atoms with Crippen LogP contribution in [0.25, 0.3) is 0 Å². The molecule has 1 heterocycles. The standard InChI is InChI=1S/C15H27NO2/c1-3-12(4-2)14(17)16-10-9-15(18)8-6-5-7-13(15)11-16/h12-13,18H,3-11H2,1-2H3. The number of amides is 1. The first-order valence-corrected chi connectivity index (χ1v) is 7.62. The number of aliphatic hydroxyl groups is 1. The summed E-state index contributed by atoms with van der Waals surface area (Å²) in [4.78, 5) is 14.4. The van der Waals surface area contributed by atoms with Crippen LogP contribution in [0.1, 0.15) is 58.8 Å². The molecule has 0 aromatic heterocycles. The number of nitrogens with zero attached hydrogens (tertiary/aromatic N) is 1. The fraction of sp³-hybridized carbons (Fsp3) is 0.933. The van der Waals surface area contributed by atoms with Gasteiger partial charge in [0.2, 0.25) is 5.91 Å². The summed E-state index contributed by atoms with van der Waals surface area (Å²) in [7, 11) is 0. The molecule has 2 fully saturated rings. The van der Waals surface area contributed by atoms with Crippen LogP contribution in [0.15, 0.2) is 0 Å². The molecule has 1 saturated carbocycles. The van der Waals surface area contributed by atoms with Gasteiger partial charge in [0.15, 0.2) is 0 Å². The van der Waals surface area contributed by atoms with E-state index in [1.54, 1.807) is 0 Å². The molecule has 18 heavy (non-hydrogen) atoms. The second kappa shape index (κ2) is 5.60. The SMILES string of the molecule is CCC(CC)C(=O)N1CCC2(O)CCCCC2C1.